The van der Waals surface area contributed by atoms with E-state index in [4.69, 9.17) is 16.3 Å². The molecule has 0 aliphatic rings. The lowest BCUT2D eigenvalue weighted by atomic mass is 10.0. The second-order valence-electron chi connectivity index (χ2n) is 4.44. The third kappa shape index (κ3) is 2.28. The molecule has 1 nitrogen and oxygen atoms in total. The van der Waals surface area contributed by atoms with Gasteiger partial charge in [-0.15, -0.1) is 22.9 Å². The molecule has 0 spiro atoms. The van der Waals surface area contributed by atoms with Crippen molar-refractivity contribution in [2.24, 2.45) is 0 Å². The average Bonchev–Trinajstić information content (AvgIpc) is 2.90. The molecule has 2 aromatic carbocycles. The number of halogens is 2. The van der Waals surface area contributed by atoms with E-state index in [1.807, 2.05) is 29.6 Å². The second kappa shape index (κ2) is 5.43. The van der Waals surface area contributed by atoms with E-state index in [0.29, 0.717) is 11.3 Å². The molecule has 0 saturated carbocycles. The van der Waals surface area contributed by atoms with Crippen LogP contribution in [0.4, 0.5) is 4.39 Å². The third-order valence-corrected chi connectivity index (χ3v) is 4.72. The second-order valence-corrected chi connectivity index (χ2v) is 5.78. The van der Waals surface area contributed by atoms with Crippen molar-refractivity contribution in [2.45, 2.75) is 5.38 Å². The van der Waals surface area contributed by atoms with E-state index in [1.54, 1.807) is 23.5 Å². The minimum absolute atomic E-state index is 0.348. The van der Waals surface area contributed by atoms with Gasteiger partial charge < -0.3 is 4.74 Å². The summed E-state index contributed by atoms with van der Waals surface area (Å²) in [6.07, 6.45) is 0. The highest BCUT2D eigenvalue weighted by atomic mass is 35.5. The lowest BCUT2D eigenvalue weighted by Gasteiger charge is -2.11. The van der Waals surface area contributed by atoms with Crippen molar-refractivity contribution < 1.29 is 9.13 Å². The van der Waals surface area contributed by atoms with Crippen LogP contribution < -0.4 is 4.74 Å². The number of benzene rings is 2. The standard InChI is InChI=1S/C16H12ClFOS/c1-19-10-6-7-12(14(18)8-10)16(17)13-9-20-15-5-3-2-4-11(13)15/h2-9,16H,1H3. The summed E-state index contributed by atoms with van der Waals surface area (Å²) in [4.78, 5) is 0. The molecular formula is C16H12ClFOS. The minimum atomic E-state index is -0.503. The Morgan fingerprint density at radius 2 is 1.95 bits per heavy atom. The van der Waals surface area contributed by atoms with Gasteiger partial charge in [-0.25, -0.2) is 4.39 Å². The minimum Gasteiger partial charge on any atom is -0.497 e. The zero-order valence-corrected chi connectivity index (χ0v) is 12.3. The summed E-state index contributed by atoms with van der Waals surface area (Å²) < 4.78 is 20.3. The van der Waals surface area contributed by atoms with Crippen LogP contribution in [-0.2, 0) is 0 Å². The van der Waals surface area contributed by atoms with Crippen LogP contribution in [0, 0.1) is 5.82 Å². The van der Waals surface area contributed by atoms with E-state index in [0.717, 1.165) is 15.6 Å². The molecule has 4 heteroatoms. The van der Waals surface area contributed by atoms with Gasteiger partial charge in [0, 0.05) is 16.3 Å². The summed E-state index contributed by atoms with van der Waals surface area (Å²) in [5, 5.41) is 2.57. The molecule has 0 fully saturated rings. The van der Waals surface area contributed by atoms with Crippen LogP contribution in [0.2, 0.25) is 0 Å². The highest BCUT2D eigenvalue weighted by Gasteiger charge is 2.19. The molecule has 102 valence electrons. The zero-order chi connectivity index (χ0) is 14.1. The van der Waals surface area contributed by atoms with E-state index in [2.05, 4.69) is 0 Å². The molecule has 1 unspecified atom stereocenters. The summed E-state index contributed by atoms with van der Waals surface area (Å²) in [6, 6.07) is 12.8. The molecule has 1 atom stereocenters. The predicted octanol–water partition coefficient (Wildman–Crippen LogP) is 5.38. The monoisotopic (exact) mass is 306 g/mol. The van der Waals surface area contributed by atoms with Crippen LogP contribution in [0.15, 0.2) is 47.8 Å². The maximum absolute atomic E-state index is 14.1. The molecule has 0 saturated heterocycles. The van der Waals surface area contributed by atoms with Crippen LogP contribution >= 0.6 is 22.9 Å². The van der Waals surface area contributed by atoms with Crippen molar-refractivity contribution in [1.29, 1.82) is 0 Å². The average molecular weight is 307 g/mol. The van der Waals surface area contributed by atoms with Crippen LogP contribution in [0.5, 0.6) is 5.75 Å². The fourth-order valence-electron chi connectivity index (χ4n) is 2.20. The molecule has 3 aromatic rings. The van der Waals surface area contributed by atoms with E-state index in [1.165, 1.54) is 13.2 Å². The number of hydrogen-bond acceptors (Lipinski definition) is 2. The van der Waals surface area contributed by atoms with Gasteiger partial charge in [0.25, 0.3) is 0 Å². The van der Waals surface area contributed by atoms with E-state index in [9.17, 15) is 4.39 Å². The highest BCUT2D eigenvalue weighted by Crippen LogP contribution is 2.38. The molecule has 0 aliphatic carbocycles. The van der Waals surface area contributed by atoms with Gasteiger partial charge in [0.15, 0.2) is 0 Å². The van der Waals surface area contributed by atoms with Crippen molar-refractivity contribution in [3.05, 3.63) is 64.8 Å². The van der Waals surface area contributed by atoms with Crippen LogP contribution in [0.1, 0.15) is 16.5 Å². The van der Waals surface area contributed by atoms with Gasteiger partial charge in [0.05, 0.1) is 12.5 Å². The van der Waals surface area contributed by atoms with Gasteiger partial charge in [-0.3, -0.25) is 0 Å². The predicted molar refractivity (Wildman–Crippen MR) is 82.5 cm³/mol. The number of methoxy groups -OCH3 is 1. The maximum atomic E-state index is 14.1. The first-order valence-corrected chi connectivity index (χ1v) is 7.46. The molecular weight excluding hydrogens is 295 g/mol. The smallest absolute Gasteiger partial charge is 0.131 e. The summed E-state index contributed by atoms with van der Waals surface area (Å²) in [5.74, 6) is 0.143. The van der Waals surface area contributed by atoms with Crippen molar-refractivity contribution in [2.75, 3.05) is 7.11 Å². The summed E-state index contributed by atoms with van der Waals surface area (Å²) in [7, 11) is 1.51. The van der Waals surface area contributed by atoms with E-state index < -0.39 is 5.38 Å². The molecule has 20 heavy (non-hydrogen) atoms. The zero-order valence-electron chi connectivity index (χ0n) is 10.8. The Hall–Kier alpha value is -1.58. The van der Waals surface area contributed by atoms with Crippen molar-refractivity contribution in [3.63, 3.8) is 0 Å². The molecule has 1 aromatic heterocycles. The van der Waals surface area contributed by atoms with Gasteiger partial charge >= 0.3 is 0 Å². The topological polar surface area (TPSA) is 9.23 Å². The number of rotatable bonds is 3. The van der Waals surface area contributed by atoms with Crippen LogP contribution in [0.25, 0.3) is 10.1 Å². The molecule has 1 heterocycles. The number of thiophene rings is 1. The first-order chi connectivity index (χ1) is 9.70. The fourth-order valence-corrected chi connectivity index (χ4v) is 3.62. The molecule has 0 amide bonds. The molecule has 0 radical (unpaired) electrons. The first kappa shape index (κ1) is 13.4. The van der Waals surface area contributed by atoms with E-state index >= 15 is 0 Å². The van der Waals surface area contributed by atoms with Crippen LogP contribution in [0.3, 0.4) is 0 Å². The Labute approximate surface area is 125 Å². The van der Waals surface area contributed by atoms with Crippen molar-refractivity contribution in [1.82, 2.24) is 0 Å². The quantitative estimate of drug-likeness (QED) is 0.590. The Kier molecular flexibility index (Phi) is 3.64. The normalized spacial score (nSPS) is 12.6. The Balaban J connectivity index is 2.06. The largest absolute Gasteiger partial charge is 0.497 e. The fraction of sp³-hybridized carbons (Fsp3) is 0.125. The van der Waals surface area contributed by atoms with Crippen molar-refractivity contribution in [3.8, 4) is 5.75 Å². The number of alkyl halides is 1. The van der Waals surface area contributed by atoms with Gasteiger partial charge in [-0.05, 0) is 28.5 Å². The summed E-state index contributed by atoms with van der Waals surface area (Å²) in [6.45, 7) is 0. The Bertz CT molecular complexity index is 753. The van der Waals surface area contributed by atoms with Gasteiger partial charge in [0.1, 0.15) is 11.6 Å². The van der Waals surface area contributed by atoms with Gasteiger partial charge in [-0.1, -0.05) is 24.3 Å². The molecule has 3 rings (SSSR count). The maximum Gasteiger partial charge on any atom is 0.131 e. The summed E-state index contributed by atoms with van der Waals surface area (Å²) in [5.41, 5.74) is 1.41. The first-order valence-electron chi connectivity index (χ1n) is 6.14. The van der Waals surface area contributed by atoms with Gasteiger partial charge in [0.2, 0.25) is 0 Å². The van der Waals surface area contributed by atoms with E-state index in [-0.39, 0.29) is 5.82 Å². The number of ether oxygens (including phenoxy) is 1. The Morgan fingerprint density at radius 1 is 1.15 bits per heavy atom. The highest BCUT2D eigenvalue weighted by molar-refractivity contribution is 7.17. The lowest BCUT2D eigenvalue weighted by Crippen LogP contribution is -1.97. The van der Waals surface area contributed by atoms with Crippen LogP contribution in [-0.4, -0.2) is 7.11 Å². The lowest BCUT2D eigenvalue weighted by molar-refractivity contribution is 0.411. The summed E-state index contributed by atoms with van der Waals surface area (Å²) >= 11 is 8.10. The SMILES string of the molecule is COc1ccc(C(Cl)c2csc3ccccc23)c(F)c1. The number of fused-ring (bicyclic) bond motifs is 1. The third-order valence-electron chi connectivity index (χ3n) is 3.26. The molecule has 0 bridgehead atoms. The number of hydrogen-bond donors (Lipinski definition) is 0. The van der Waals surface area contributed by atoms with Crippen molar-refractivity contribution >= 4 is 33.0 Å². The molecule has 0 aliphatic heterocycles. The van der Waals surface area contributed by atoms with Gasteiger partial charge in [-0.2, -0.15) is 0 Å². The Morgan fingerprint density at radius 3 is 2.70 bits per heavy atom. The molecule has 0 N–H and O–H groups in total.